The molecule has 1 amide bonds. The molecule has 1 aliphatic rings. The van der Waals surface area contributed by atoms with Gasteiger partial charge in [0.1, 0.15) is 19.2 Å². The molecule has 1 fully saturated rings. The third-order valence-corrected chi connectivity index (χ3v) is 6.04. The highest BCUT2D eigenvalue weighted by Gasteiger charge is 2.31. The van der Waals surface area contributed by atoms with Crippen LogP contribution in [0.15, 0.2) is 37.0 Å². The lowest BCUT2D eigenvalue weighted by Gasteiger charge is -2.34. The highest BCUT2D eigenvalue weighted by Crippen LogP contribution is 2.32. The number of methoxy groups -OCH3 is 1. The van der Waals surface area contributed by atoms with Crippen molar-refractivity contribution in [3.05, 3.63) is 53.9 Å². The fourth-order valence-corrected chi connectivity index (χ4v) is 4.18. The summed E-state index contributed by atoms with van der Waals surface area (Å²) in [5, 5.41) is 15.2. The van der Waals surface area contributed by atoms with E-state index in [4.69, 9.17) is 18.4 Å². The Morgan fingerprint density at radius 1 is 1.15 bits per heavy atom. The zero-order chi connectivity index (χ0) is 35.6. The number of piperazine rings is 1. The lowest BCUT2D eigenvalue weighted by molar-refractivity contribution is -0.126. The van der Waals surface area contributed by atoms with E-state index in [0.29, 0.717) is 0 Å². The van der Waals surface area contributed by atoms with Gasteiger partial charge in [-0.15, -0.1) is 0 Å². The number of ether oxygens (including phenoxy) is 1. The number of hydrogen-bond donors (Lipinski definition) is 1. The van der Waals surface area contributed by atoms with Crippen LogP contribution in [0.3, 0.4) is 0 Å². The number of carbonyl (C=O) groups excluding carboxylic acids is 2. The third kappa shape index (κ3) is 4.22. The molecule has 0 spiro atoms. The summed E-state index contributed by atoms with van der Waals surface area (Å²) in [6, 6.07) is -0.472. The number of hydrogen-bond acceptors (Lipinski definition) is 11. The zero-order valence-corrected chi connectivity index (χ0v) is 20.1. The van der Waals surface area contributed by atoms with Crippen LogP contribution in [0.4, 0.5) is 5.95 Å². The number of fused-ring (bicyclic) bond motifs is 1. The first-order valence-electron chi connectivity index (χ1n) is 16.4. The number of rotatable bonds is 6. The lowest BCUT2D eigenvalue weighted by Crippen LogP contribution is -2.51. The molecule has 0 radical (unpaired) electrons. The van der Waals surface area contributed by atoms with Gasteiger partial charge in [0, 0.05) is 42.7 Å². The third-order valence-electron chi connectivity index (χ3n) is 6.04. The maximum absolute atomic E-state index is 13.7. The first kappa shape index (κ1) is 15.3. The summed E-state index contributed by atoms with van der Waals surface area (Å²) >= 11 is 0. The standard InChI is InChI=1S/C24H24N12O3/c1-14-4-5-18(25-10-14)36-24(29-31-32-36)34-8-6-33(7-9-34)23(38)21(37)16-11-26-20-19(16)17(39-3)12-27-22(20)35-13-28-15(2)30-35/h4-5,10-13,26H,6-9H2,1-3H3/i2D3,3D3,4D,5D,10D,13D. The van der Waals surface area contributed by atoms with E-state index < -0.39 is 37.7 Å². The molecule has 15 nitrogen and oxygen atoms in total. The molecule has 0 atom stereocenters. The second-order valence-electron chi connectivity index (χ2n) is 8.37. The number of aryl methyl sites for hydroxylation is 1. The van der Waals surface area contributed by atoms with Crippen molar-refractivity contribution in [3.8, 4) is 17.4 Å². The highest BCUT2D eigenvalue weighted by atomic mass is 16.5. The molecule has 15 heteroatoms. The minimum atomic E-state index is -2.98. The average molecular weight is 539 g/mol. The molecule has 0 saturated carbocycles. The summed E-state index contributed by atoms with van der Waals surface area (Å²) in [5.74, 6) is -3.16. The van der Waals surface area contributed by atoms with Gasteiger partial charge < -0.3 is 19.5 Å². The van der Waals surface area contributed by atoms with Gasteiger partial charge in [0.15, 0.2) is 11.6 Å². The van der Waals surface area contributed by atoms with Crippen molar-refractivity contribution in [2.45, 2.75) is 13.8 Å². The molecule has 5 aromatic heterocycles. The van der Waals surface area contributed by atoms with Gasteiger partial charge in [-0.2, -0.15) is 9.78 Å². The predicted molar refractivity (Wildman–Crippen MR) is 137 cm³/mol. The van der Waals surface area contributed by atoms with Crippen LogP contribution in [-0.4, -0.2) is 99.7 Å². The molecule has 39 heavy (non-hydrogen) atoms. The fraction of sp³-hybridized carbons (Fsp3) is 0.292. The number of Topliss-reactive ketones (excluding diaryl/α,β-unsaturated/α-hetero) is 1. The van der Waals surface area contributed by atoms with Crippen molar-refractivity contribution in [3.63, 3.8) is 0 Å². The summed E-state index contributed by atoms with van der Waals surface area (Å²) in [6.07, 6.45) is 1.29. The number of tetrazole rings is 1. The Labute approximate surface area is 235 Å². The van der Waals surface area contributed by atoms with Gasteiger partial charge in [0.05, 0.1) is 37.9 Å². The number of ketones is 1. The number of aromatic amines is 1. The van der Waals surface area contributed by atoms with Gasteiger partial charge in [-0.3, -0.25) is 9.59 Å². The highest BCUT2D eigenvalue weighted by molar-refractivity contribution is 6.45. The van der Waals surface area contributed by atoms with Crippen LogP contribution < -0.4 is 9.64 Å². The van der Waals surface area contributed by atoms with Crippen LogP contribution in [0.1, 0.15) is 35.5 Å². The van der Waals surface area contributed by atoms with Gasteiger partial charge in [-0.05, 0) is 35.8 Å². The van der Waals surface area contributed by atoms with Crippen LogP contribution in [0.2, 0.25) is 0 Å². The van der Waals surface area contributed by atoms with E-state index in [2.05, 4.69) is 40.6 Å². The number of nitrogens with zero attached hydrogens (tertiary/aromatic N) is 11. The van der Waals surface area contributed by atoms with E-state index in [9.17, 15) is 9.59 Å². The van der Waals surface area contributed by atoms with Gasteiger partial charge in [-0.25, -0.2) is 19.6 Å². The lowest BCUT2D eigenvalue weighted by atomic mass is 10.1. The first-order chi connectivity index (χ1) is 23.0. The van der Waals surface area contributed by atoms with Crippen LogP contribution in [0.25, 0.3) is 22.5 Å². The smallest absolute Gasteiger partial charge is 0.295 e. The molecule has 198 valence electrons. The number of pyridine rings is 2. The maximum Gasteiger partial charge on any atom is 0.295 e. The molecule has 6 rings (SSSR count). The van der Waals surface area contributed by atoms with E-state index in [1.807, 2.05) is 0 Å². The summed E-state index contributed by atoms with van der Waals surface area (Å²) in [5.41, 5.74) is -0.125. The molecule has 0 aromatic carbocycles. The fourth-order valence-electron chi connectivity index (χ4n) is 4.18. The maximum atomic E-state index is 13.7. The summed E-state index contributed by atoms with van der Waals surface area (Å²) in [6.45, 7) is -0.921. The quantitative estimate of drug-likeness (QED) is 0.238. The number of nitrogens with one attached hydrogen (secondary N) is 1. The molecule has 0 unspecified atom stereocenters. The van der Waals surface area contributed by atoms with Crippen molar-refractivity contribution in [2.75, 3.05) is 38.1 Å². The van der Waals surface area contributed by atoms with Gasteiger partial charge in [-0.1, -0.05) is 11.1 Å². The number of amides is 1. The Morgan fingerprint density at radius 2 is 2.03 bits per heavy atom. The topological polar surface area (TPSA) is 166 Å². The SMILES string of the molecule is [2H]c1nc(-n2nnnc2N2CCN(C(=O)C(=O)c3c[nH]c4c(-n5nc(C([2H])([2H])[2H])nc5[2H])ncc(OC([2H])([2H])[2H])c34)CC2)c([2H])c([2H])c1C. The molecule has 5 aromatic rings. The summed E-state index contributed by atoms with van der Waals surface area (Å²) in [4.78, 5) is 44.7. The first-order valence-corrected chi connectivity index (χ1v) is 11.4. The van der Waals surface area contributed by atoms with Crippen molar-refractivity contribution in [1.82, 2.24) is 54.8 Å². The van der Waals surface area contributed by atoms with Crippen molar-refractivity contribution in [1.29, 1.82) is 0 Å². The molecule has 6 heterocycles. The number of H-pyrrole nitrogens is 1. The Kier molecular flexibility index (Phi) is 3.75. The molecule has 0 bridgehead atoms. The number of carbonyl (C=O) groups is 2. The van der Waals surface area contributed by atoms with Gasteiger partial charge in [0.2, 0.25) is 0 Å². The average Bonchev–Trinajstić information content (AvgIpc) is 3.80. The van der Waals surface area contributed by atoms with Crippen LogP contribution in [-0.2, 0) is 4.79 Å². The predicted octanol–water partition coefficient (Wildman–Crippen LogP) is 0.671. The molecule has 0 aliphatic carbocycles. The monoisotopic (exact) mass is 538 g/mol. The largest absolute Gasteiger partial charge is 0.494 e. The summed E-state index contributed by atoms with van der Waals surface area (Å²) in [7, 11) is -2.98. The van der Waals surface area contributed by atoms with Crippen LogP contribution in [0.5, 0.6) is 5.75 Å². The van der Waals surface area contributed by atoms with Crippen molar-refractivity contribution >= 4 is 28.5 Å². The van der Waals surface area contributed by atoms with E-state index >= 15 is 0 Å². The molecular formula is C24H24N12O3. The van der Waals surface area contributed by atoms with E-state index in [-0.39, 0.29) is 89.8 Å². The minimum absolute atomic E-state index is 0.0206. The van der Waals surface area contributed by atoms with Gasteiger partial charge >= 0.3 is 0 Å². The van der Waals surface area contributed by atoms with Crippen molar-refractivity contribution in [2.24, 2.45) is 0 Å². The Bertz CT molecular complexity index is 2120. The molecule has 1 saturated heterocycles. The number of anilines is 1. The second-order valence-corrected chi connectivity index (χ2v) is 8.37. The van der Waals surface area contributed by atoms with Crippen LogP contribution in [0, 0.1) is 13.8 Å². The minimum Gasteiger partial charge on any atom is -0.494 e. The Morgan fingerprint density at radius 3 is 2.82 bits per heavy atom. The molecule has 1 aliphatic heterocycles. The zero-order valence-electron chi connectivity index (χ0n) is 30.1. The van der Waals surface area contributed by atoms with E-state index in [1.54, 1.807) is 4.90 Å². The normalized spacial score (nSPS) is 18.1. The molecular weight excluding hydrogens is 504 g/mol. The second kappa shape index (κ2) is 9.59. The molecule has 1 N–H and O–H groups in total. The van der Waals surface area contributed by atoms with Crippen LogP contribution >= 0.6 is 0 Å². The van der Waals surface area contributed by atoms with E-state index in [0.717, 1.165) is 21.8 Å². The summed E-state index contributed by atoms with van der Waals surface area (Å²) < 4.78 is 85.0. The van der Waals surface area contributed by atoms with E-state index in [1.165, 1.54) is 11.8 Å². The number of aromatic nitrogens is 10. The van der Waals surface area contributed by atoms with Gasteiger partial charge in [0.25, 0.3) is 17.6 Å². The van der Waals surface area contributed by atoms with Crippen molar-refractivity contribution < 1.29 is 28.0 Å². The Hall–Kier alpha value is -5.21. The Balaban J connectivity index is 1.28.